The summed E-state index contributed by atoms with van der Waals surface area (Å²) in [5, 5.41) is 3.67. The first-order valence-corrected chi connectivity index (χ1v) is 8.58. The molecule has 0 aromatic carbocycles. The highest BCUT2D eigenvalue weighted by molar-refractivity contribution is 4.82. The van der Waals surface area contributed by atoms with Crippen LogP contribution in [0.1, 0.15) is 78.6 Å². The number of hydrogen-bond donors (Lipinski definition) is 1. The molecule has 0 amide bonds. The van der Waals surface area contributed by atoms with Crippen LogP contribution in [0.3, 0.4) is 0 Å². The van der Waals surface area contributed by atoms with Gasteiger partial charge in [0.05, 0.1) is 6.10 Å². The molecule has 0 aliphatic carbocycles. The summed E-state index contributed by atoms with van der Waals surface area (Å²) in [6.07, 6.45) is 12.3. The number of unbranched alkanes of at least 4 members (excludes halogenated alkanes) is 1. The third kappa shape index (κ3) is 6.27. The Labute approximate surface area is 120 Å². The fourth-order valence-electron chi connectivity index (χ4n) is 3.20. The van der Waals surface area contributed by atoms with Crippen LogP contribution in [0, 0.1) is 5.41 Å². The van der Waals surface area contributed by atoms with E-state index in [-0.39, 0.29) is 0 Å². The molecule has 2 atom stereocenters. The molecule has 1 saturated heterocycles. The van der Waals surface area contributed by atoms with Gasteiger partial charge in [-0.3, -0.25) is 0 Å². The summed E-state index contributed by atoms with van der Waals surface area (Å²) < 4.78 is 5.80. The Morgan fingerprint density at radius 3 is 2.58 bits per heavy atom. The molecule has 114 valence electrons. The molecule has 2 nitrogen and oxygen atoms in total. The third-order valence-electron chi connectivity index (χ3n) is 4.76. The van der Waals surface area contributed by atoms with Gasteiger partial charge in [-0.05, 0) is 56.9 Å². The van der Waals surface area contributed by atoms with Gasteiger partial charge in [0.2, 0.25) is 0 Å². The second kappa shape index (κ2) is 9.77. The maximum Gasteiger partial charge on any atom is 0.0576 e. The molecule has 0 aromatic rings. The monoisotopic (exact) mass is 269 g/mol. The molecule has 19 heavy (non-hydrogen) atoms. The molecule has 0 bridgehead atoms. The van der Waals surface area contributed by atoms with E-state index in [4.69, 9.17) is 4.74 Å². The van der Waals surface area contributed by atoms with E-state index in [0.717, 1.165) is 13.2 Å². The quantitative estimate of drug-likeness (QED) is 0.556. The smallest absolute Gasteiger partial charge is 0.0576 e. The van der Waals surface area contributed by atoms with E-state index < -0.39 is 0 Å². The van der Waals surface area contributed by atoms with Crippen molar-refractivity contribution in [3.63, 3.8) is 0 Å². The van der Waals surface area contributed by atoms with Gasteiger partial charge in [-0.2, -0.15) is 0 Å². The van der Waals surface area contributed by atoms with Crippen LogP contribution in [0.15, 0.2) is 0 Å². The van der Waals surface area contributed by atoms with Crippen LogP contribution in [0.2, 0.25) is 0 Å². The highest BCUT2D eigenvalue weighted by Gasteiger charge is 2.29. The van der Waals surface area contributed by atoms with Crippen molar-refractivity contribution in [2.45, 2.75) is 84.7 Å². The van der Waals surface area contributed by atoms with Crippen molar-refractivity contribution in [3.05, 3.63) is 0 Å². The zero-order chi connectivity index (χ0) is 14.0. The van der Waals surface area contributed by atoms with Crippen LogP contribution >= 0.6 is 0 Å². The first kappa shape index (κ1) is 17.0. The minimum absolute atomic E-state index is 0.511. The maximum atomic E-state index is 5.80. The molecule has 1 N–H and O–H groups in total. The Morgan fingerprint density at radius 2 is 2.00 bits per heavy atom. The first-order valence-electron chi connectivity index (χ1n) is 8.58. The summed E-state index contributed by atoms with van der Waals surface area (Å²) in [6.45, 7) is 10.3. The van der Waals surface area contributed by atoms with Crippen molar-refractivity contribution in [3.8, 4) is 0 Å². The zero-order valence-corrected chi connectivity index (χ0v) is 13.5. The molecule has 2 heteroatoms. The molecule has 0 spiro atoms. The van der Waals surface area contributed by atoms with Gasteiger partial charge in [-0.1, -0.05) is 33.6 Å². The van der Waals surface area contributed by atoms with Crippen molar-refractivity contribution in [2.24, 2.45) is 5.41 Å². The highest BCUT2D eigenvalue weighted by Crippen LogP contribution is 2.35. The number of nitrogens with one attached hydrogen (secondary N) is 1. The second-order valence-electron chi connectivity index (χ2n) is 6.31. The molecule has 1 heterocycles. The fourth-order valence-corrected chi connectivity index (χ4v) is 3.20. The number of ether oxygens (including phenoxy) is 1. The van der Waals surface area contributed by atoms with E-state index >= 15 is 0 Å². The lowest BCUT2D eigenvalue weighted by Gasteiger charge is -2.34. The average molecular weight is 269 g/mol. The van der Waals surface area contributed by atoms with E-state index in [9.17, 15) is 0 Å². The molecular weight excluding hydrogens is 234 g/mol. The first-order chi connectivity index (χ1) is 9.26. The molecule has 1 aliphatic heterocycles. The van der Waals surface area contributed by atoms with Gasteiger partial charge in [0.1, 0.15) is 0 Å². The standard InChI is InChI=1S/C17H35NO/c1-4-7-11-17(6-3,15-18-13-5-2)12-10-16-9-8-14-19-16/h16,18H,4-15H2,1-3H3. The van der Waals surface area contributed by atoms with Crippen LogP contribution in [-0.2, 0) is 4.74 Å². The maximum absolute atomic E-state index is 5.80. The largest absolute Gasteiger partial charge is 0.378 e. The SMILES string of the molecule is CCCCC(CC)(CCC1CCCO1)CNCCC. The zero-order valence-electron chi connectivity index (χ0n) is 13.5. The molecule has 1 aliphatic rings. The van der Waals surface area contributed by atoms with E-state index in [0.29, 0.717) is 11.5 Å². The predicted octanol–water partition coefficient (Wildman–Crippen LogP) is 4.53. The van der Waals surface area contributed by atoms with E-state index in [1.54, 1.807) is 0 Å². The number of hydrogen-bond acceptors (Lipinski definition) is 2. The summed E-state index contributed by atoms with van der Waals surface area (Å²) >= 11 is 0. The van der Waals surface area contributed by atoms with Crippen LogP contribution < -0.4 is 5.32 Å². The predicted molar refractivity (Wildman–Crippen MR) is 83.6 cm³/mol. The Hall–Kier alpha value is -0.0800. The minimum atomic E-state index is 0.511. The summed E-state index contributed by atoms with van der Waals surface area (Å²) in [5.74, 6) is 0. The molecule has 2 unspecified atom stereocenters. The molecule has 1 fully saturated rings. The third-order valence-corrected chi connectivity index (χ3v) is 4.76. The van der Waals surface area contributed by atoms with Gasteiger partial charge in [0.15, 0.2) is 0 Å². The Balaban J connectivity index is 2.43. The van der Waals surface area contributed by atoms with Crippen LogP contribution in [-0.4, -0.2) is 25.8 Å². The summed E-state index contributed by atoms with van der Waals surface area (Å²) in [6, 6.07) is 0. The van der Waals surface area contributed by atoms with Crippen molar-refractivity contribution in [1.29, 1.82) is 0 Å². The molecule has 0 radical (unpaired) electrons. The van der Waals surface area contributed by atoms with Crippen LogP contribution in [0.25, 0.3) is 0 Å². The van der Waals surface area contributed by atoms with Crippen molar-refractivity contribution in [1.82, 2.24) is 5.32 Å². The summed E-state index contributed by atoms with van der Waals surface area (Å²) in [7, 11) is 0. The topological polar surface area (TPSA) is 21.3 Å². The minimum Gasteiger partial charge on any atom is -0.378 e. The van der Waals surface area contributed by atoms with Crippen LogP contribution in [0.5, 0.6) is 0 Å². The van der Waals surface area contributed by atoms with Gasteiger partial charge in [-0.15, -0.1) is 0 Å². The summed E-state index contributed by atoms with van der Waals surface area (Å²) in [4.78, 5) is 0. The Morgan fingerprint density at radius 1 is 1.16 bits per heavy atom. The number of rotatable bonds is 11. The van der Waals surface area contributed by atoms with Gasteiger partial charge in [0.25, 0.3) is 0 Å². The Bertz CT molecular complexity index is 213. The van der Waals surface area contributed by atoms with Gasteiger partial charge in [0, 0.05) is 13.2 Å². The van der Waals surface area contributed by atoms with Crippen molar-refractivity contribution < 1.29 is 4.74 Å². The van der Waals surface area contributed by atoms with E-state index in [1.807, 2.05) is 0 Å². The molecule has 0 aromatic heterocycles. The average Bonchev–Trinajstić information content (AvgIpc) is 2.95. The fraction of sp³-hybridized carbons (Fsp3) is 1.00. The Kier molecular flexibility index (Phi) is 8.72. The van der Waals surface area contributed by atoms with Gasteiger partial charge in [-0.25, -0.2) is 0 Å². The summed E-state index contributed by atoms with van der Waals surface area (Å²) in [5.41, 5.74) is 0.511. The van der Waals surface area contributed by atoms with E-state index in [2.05, 4.69) is 26.1 Å². The lowest BCUT2D eigenvalue weighted by Crippen LogP contribution is -2.35. The molecule has 0 saturated carbocycles. The lowest BCUT2D eigenvalue weighted by atomic mass is 9.75. The second-order valence-corrected chi connectivity index (χ2v) is 6.31. The van der Waals surface area contributed by atoms with Crippen molar-refractivity contribution in [2.75, 3.05) is 19.7 Å². The molecule has 1 rings (SSSR count). The van der Waals surface area contributed by atoms with Gasteiger partial charge < -0.3 is 10.1 Å². The van der Waals surface area contributed by atoms with E-state index in [1.165, 1.54) is 64.3 Å². The van der Waals surface area contributed by atoms with Crippen molar-refractivity contribution >= 4 is 0 Å². The van der Waals surface area contributed by atoms with Gasteiger partial charge >= 0.3 is 0 Å². The lowest BCUT2D eigenvalue weighted by molar-refractivity contribution is 0.0829. The normalized spacial score (nSPS) is 22.6. The molecular formula is C17H35NO. The van der Waals surface area contributed by atoms with Crippen LogP contribution in [0.4, 0.5) is 0 Å². The highest BCUT2D eigenvalue weighted by atomic mass is 16.5.